The maximum absolute atomic E-state index is 5.11. The number of rotatable bonds is 6. The molecule has 0 radical (unpaired) electrons. The minimum atomic E-state index is -0.163. The van der Waals surface area contributed by atoms with Crippen LogP contribution in [-0.2, 0) is 11.8 Å². The fourth-order valence-electron chi connectivity index (χ4n) is 10.0. The van der Waals surface area contributed by atoms with Crippen molar-refractivity contribution in [3.05, 3.63) is 203 Å². The molecule has 4 aliphatic carbocycles. The standard InChI is InChI=1S/C56H45N3/c1-56(2)50-35-42(30-31-48(50)51-49(34-41-22-12-13-23-44(41)52(51)56)38-28-26-37(27-29-38)36-16-6-3-7-17-36)43-32-33-47(46-25-15-14-24-45(43)46)55-58-53(39-18-8-4-9-19-39)57-54(59-55)40-20-10-5-11-21-40/h3-6,8-11,13-16,18-21,23-28,30-35,38H,7,12,17,22,29H2,1-2H3. The summed E-state index contributed by atoms with van der Waals surface area (Å²) in [5.74, 6) is 2.35. The molecule has 1 heterocycles. The van der Waals surface area contributed by atoms with E-state index >= 15 is 0 Å². The van der Waals surface area contributed by atoms with Gasteiger partial charge in [0.05, 0.1) is 0 Å². The molecule has 0 fully saturated rings. The van der Waals surface area contributed by atoms with Crippen LogP contribution in [0, 0.1) is 0 Å². The maximum atomic E-state index is 5.11. The zero-order valence-electron chi connectivity index (χ0n) is 33.6. The van der Waals surface area contributed by atoms with Crippen LogP contribution < -0.4 is 0 Å². The van der Waals surface area contributed by atoms with Gasteiger partial charge in [-0.15, -0.1) is 0 Å². The van der Waals surface area contributed by atoms with Crippen LogP contribution in [0.25, 0.3) is 73.3 Å². The van der Waals surface area contributed by atoms with E-state index in [0.29, 0.717) is 23.4 Å². The van der Waals surface area contributed by atoms with Crippen LogP contribution in [0.1, 0.15) is 73.3 Å². The molecule has 7 aromatic rings. The number of benzene rings is 6. The SMILES string of the molecule is CC1(C)c2cc(-c3ccc(-c4nc(-c5ccccc5)nc(-c5ccccc5)n4)c4ccccc34)ccc2-c2c(C3C=CC(C4=CC=CCC4)=CC3)cc3c(c21)C=CCC3. The lowest BCUT2D eigenvalue weighted by Crippen LogP contribution is -2.19. The largest absolute Gasteiger partial charge is 0.208 e. The van der Waals surface area contributed by atoms with Gasteiger partial charge in [-0.25, -0.2) is 15.0 Å². The summed E-state index contributed by atoms with van der Waals surface area (Å²) in [7, 11) is 0. The molecule has 11 rings (SSSR count). The Bertz CT molecular complexity index is 2920. The van der Waals surface area contributed by atoms with E-state index in [-0.39, 0.29) is 5.41 Å². The van der Waals surface area contributed by atoms with E-state index in [1.807, 2.05) is 36.4 Å². The molecule has 0 amide bonds. The van der Waals surface area contributed by atoms with Gasteiger partial charge in [-0.2, -0.15) is 0 Å². The van der Waals surface area contributed by atoms with Crippen molar-refractivity contribution >= 4 is 16.8 Å². The zero-order valence-corrected chi connectivity index (χ0v) is 33.6. The van der Waals surface area contributed by atoms with E-state index in [9.17, 15) is 0 Å². The molecule has 3 nitrogen and oxygen atoms in total. The Morgan fingerprint density at radius 3 is 1.95 bits per heavy atom. The summed E-state index contributed by atoms with van der Waals surface area (Å²) in [6.07, 6.45) is 24.4. The lowest BCUT2D eigenvalue weighted by Gasteiger charge is -2.29. The molecule has 0 bridgehead atoms. The van der Waals surface area contributed by atoms with Gasteiger partial charge in [0.15, 0.2) is 17.5 Å². The first-order valence-electron chi connectivity index (χ1n) is 21.2. The first kappa shape index (κ1) is 35.5. The summed E-state index contributed by atoms with van der Waals surface area (Å²) >= 11 is 0. The normalized spacial score (nSPS) is 17.3. The maximum Gasteiger partial charge on any atom is 0.164 e. The van der Waals surface area contributed by atoms with Crippen LogP contribution in [0.5, 0.6) is 0 Å². The van der Waals surface area contributed by atoms with Crippen molar-refractivity contribution in [2.45, 2.75) is 57.3 Å². The van der Waals surface area contributed by atoms with Gasteiger partial charge in [-0.05, 0) is 116 Å². The Morgan fingerprint density at radius 1 is 0.593 bits per heavy atom. The average Bonchev–Trinajstić information content (AvgIpc) is 3.55. The molecule has 1 unspecified atom stereocenters. The molecule has 0 saturated carbocycles. The Morgan fingerprint density at radius 2 is 1.25 bits per heavy atom. The van der Waals surface area contributed by atoms with Gasteiger partial charge in [0, 0.05) is 28.0 Å². The Balaban J connectivity index is 1.03. The van der Waals surface area contributed by atoms with Crippen LogP contribution in [0.15, 0.2) is 175 Å². The summed E-state index contributed by atoms with van der Waals surface area (Å²) in [6.45, 7) is 4.89. The van der Waals surface area contributed by atoms with Crippen molar-refractivity contribution in [3.63, 3.8) is 0 Å². The molecule has 0 saturated heterocycles. The molecule has 0 N–H and O–H groups in total. The number of aromatic nitrogens is 3. The molecule has 3 heteroatoms. The molecule has 0 spiro atoms. The number of hydrogen-bond donors (Lipinski definition) is 0. The minimum absolute atomic E-state index is 0.163. The highest BCUT2D eigenvalue weighted by molar-refractivity contribution is 6.05. The van der Waals surface area contributed by atoms with Gasteiger partial charge in [0.25, 0.3) is 0 Å². The van der Waals surface area contributed by atoms with Gasteiger partial charge in [0.2, 0.25) is 0 Å². The summed E-state index contributed by atoms with van der Waals surface area (Å²) in [4.78, 5) is 15.2. The lowest BCUT2D eigenvalue weighted by atomic mass is 9.74. The van der Waals surface area contributed by atoms with E-state index in [1.54, 1.807) is 0 Å². The summed E-state index contributed by atoms with van der Waals surface area (Å²) in [6, 6.07) is 43.4. The minimum Gasteiger partial charge on any atom is -0.208 e. The number of nitrogens with zero attached hydrogens (tertiary/aromatic N) is 3. The fraction of sp³-hybridized carbons (Fsp3) is 0.161. The van der Waals surface area contributed by atoms with Crippen molar-refractivity contribution in [2.75, 3.05) is 0 Å². The quantitative estimate of drug-likeness (QED) is 0.169. The van der Waals surface area contributed by atoms with Crippen molar-refractivity contribution < 1.29 is 0 Å². The summed E-state index contributed by atoms with van der Waals surface area (Å²) in [5.41, 5.74) is 18.2. The molecule has 0 aliphatic heterocycles. The number of aryl methyl sites for hydroxylation is 1. The van der Waals surface area contributed by atoms with Crippen molar-refractivity contribution in [3.8, 4) is 56.4 Å². The Hall–Kier alpha value is -6.71. The number of hydrogen-bond acceptors (Lipinski definition) is 3. The second-order valence-electron chi connectivity index (χ2n) is 16.9. The molecular weight excluding hydrogens is 715 g/mol. The van der Waals surface area contributed by atoms with Crippen molar-refractivity contribution in [1.29, 1.82) is 0 Å². The Labute approximate surface area is 347 Å². The van der Waals surface area contributed by atoms with E-state index in [2.05, 4.69) is 147 Å². The van der Waals surface area contributed by atoms with Gasteiger partial charge in [-0.1, -0.05) is 172 Å². The van der Waals surface area contributed by atoms with Crippen molar-refractivity contribution in [1.82, 2.24) is 15.0 Å². The van der Waals surface area contributed by atoms with Crippen LogP contribution in [-0.4, -0.2) is 15.0 Å². The van der Waals surface area contributed by atoms with Gasteiger partial charge in [0.1, 0.15) is 0 Å². The average molecular weight is 760 g/mol. The number of fused-ring (bicyclic) bond motifs is 6. The molecule has 1 aromatic heterocycles. The van der Waals surface area contributed by atoms with Crippen LogP contribution in [0.2, 0.25) is 0 Å². The third-order valence-electron chi connectivity index (χ3n) is 13.0. The summed E-state index contributed by atoms with van der Waals surface area (Å²) in [5, 5.41) is 2.30. The molecule has 59 heavy (non-hydrogen) atoms. The second kappa shape index (κ2) is 14.3. The first-order valence-corrected chi connectivity index (χ1v) is 21.2. The van der Waals surface area contributed by atoms with E-state index in [1.165, 1.54) is 66.6 Å². The van der Waals surface area contributed by atoms with Crippen LogP contribution >= 0.6 is 0 Å². The predicted molar refractivity (Wildman–Crippen MR) is 245 cm³/mol. The third kappa shape index (κ3) is 6.07. The molecule has 6 aromatic carbocycles. The van der Waals surface area contributed by atoms with Crippen LogP contribution in [0.3, 0.4) is 0 Å². The first-order chi connectivity index (χ1) is 29.0. The second-order valence-corrected chi connectivity index (χ2v) is 16.9. The molecular formula is C56H45N3. The van der Waals surface area contributed by atoms with E-state index in [4.69, 9.17) is 15.0 Å². The number of allylic oxidation sites excluding steroid dienone is 9. The van der Waals surface area contributed by atoms with Crippen LogP contribution in [0.4, 0.5) is 0 Å². The van der Waals surface area contributed by atoms with Gasteiger partial charge >= 0.3 is 0 Å². The van der Waals surface area contributed by atoms with E-state index in [0.717, 1.165) is 54.2 Å². The van der Waals surface area contributed by atoms with Gasteiger partial charge < -0.3 is 0 Å². The van der Waals surface area contributed by atoms with E-state index < -0.39 is 0 Å². The monoisotopic (exact) mass is 759 g/mol. The highest BCUT2D eigenvalue weighted by Gasteiger charge is 2.41. The molecule has 284 valence electrons. The Kier molecular flexibility index (Phi) is 8.58. The highest BCUT2D eigenvalue weighted by atomic mass is 15.0. The fourth-order valence-corrected chi connectivity index (χ4v) is 10.0. The topological polar surface area (TPSA) is 38.7 Å². The summed E-state index contributed by atoms with van der Waals surface area (Å²) < 4.78 is 0. The zero-order chi connectivity index (χ0) is 39.5. The van der Waals surface area contributed by atoms with Crippen molar-refractivity contribution in [2.24, 2.45) is 0 Å². The predicted octanol–water partition coefficient (Wildman–Crippen LogP) is 14.2. The molecule has 1 atom stereocenters. The smallest absolute Gasteiger partial charge is 0.164 e. The third-order valence-corrected chi connectivity index (χ3v) is 13.0. The lowest BCUT2D eigenvalue weighted by molar-refractivity contribution is 0.655. The molecule has 4 aliphatic rings. The van der Waals surface area contributed by atoms with Gasteiger partial charge in [-0.3, -0.25) is 0 Å². The highest BCUT2D eigenvalue weighted by Crippen LogP contribution is 2.56.